The number of allylic oxidation sites excluding steroid dienone is 2. The van der Waals surface area contributed by atoms with Gasteiger partial charge < -0.3 is 41.9 Å². The molecule has 0 bridgehead atoms. The van der Waals surface area contributed by atoms with Gasteiger partial charge in [-0.15, -0.1) is 0 Å². The summed E-state index contributed by atoms with van der Waals surface area (Å²) in [6.07, 6.45) is 31.8. The lowest BCUT2D eigenvalue weighted by molar-refractivity contribution is -0.389. The van der Waals surface area contributed by atoms with E-state index in [2.05, 4.69) is 37.7 Å². The Balaban J connectivity index is 1.84. The summed E-state index contributed by atoms with van der Waals surface area (Å²) in [5, 5.41) is 0. The number of H-pyrrole nitrogens is 1. The van der Waals surface area contributed by atoms with Crippen LogP contribution >= 0.6 is 0 Å². The molecule has 0 amide bonds. The van der Waals surface area contributed by atoms with Crippen LogP contribution in [0.4, 0.5) is 8.63 Å². The van der Waals surface area contributed by atoms with Crippen LogP contribution in [0.2, 0.25) is 0 Å². The molecule has 1 aromatic rings. The van der Waals surface area contributed by atoms with Gasteiger partial charge in [0.15, 0.2) is 17.3 Å². The van der Waals surface area contributed by atoms with Crippen LogP contribution in [-0.2, 0) is 18.8 Å². The van der Waals surface area contributed by atoms with Crippen molar-refractivity contribution in [3.05, 3.63) is 40.9 Å². The van der Waals surface area contributed by atoms with Crippen LogP contribution in [0.5, 0.6) is 11.5 Å². The van der Waals surface area contributed by atoms with Crippen molar-refractivity contribution in [2.75, 3.05) is 26.4 Å². The van der Waals surface area contributed by atoms with Gasteiger partial charge in [0.1, 0.15) is 11.5 Å². The number of rotatable bonds is 33. The van der Waals surface area contributed by atoms with Gasteiger partial charge in [-0.2, -0.15) is 0 Å². The molecule has 11 heteroatoms. The van der Waals surface area contributed by atoms with E-state index < -0.39 is 7.11 Å². The van der Waals surface area contributed by atoms with Crippen molar-refractivity contribution in [3.63, 3.8) is 0 Å². The van der Waals surface area contributed by atoms with Crippen molar-refractivity contribution in [1.29, 1.82) is 0 Å². The summed E-state index contributed by atoms with van der Waals surface area (Å²) in [4.78, 5) is 6.25. The summed E-state index contributed by atoms with van der Waals surface area (Å²) >= 11 is 0. The molecular formula is C43H73BF2N2O6. The largest absolute Gasteiger partial charge is 0.726 e. The molecule has 2 N–H and O–H groups in total. The molecule has 0 unspecified atom stereocenters. The smallest absolute Gasteiger partial charge is 0.626 e. The first kappa shape index (κ1) is 45.3. The zero-order chi connectivity index (χ0) is 38.7. The second-order valence-corrected chi connectivity index (χ2v) is 14.8. The molecule has 54 heavy (non-hydrogen) atoms. The van der Waals surface area contributed by atoms with E-state index in [0.717, 1.165) is 64.2 Å². The highest BCUT2D eigenvalue weighted by Gasteiger charge is 2.43. The Labute approximate surface area is 326 Å². The molecule has 8 nitrogen and oxygen atoms in total. The second-order valence-electron chi connectivity index (χ2n) is 14.8. The number of ether oxygens (including phenoxy) is 4. The summed E-state index contributed by atoms with van der Waals surface area (Å²) in [7, 11) is -4.71. The minimum atomic E-state index is -4.71. The molecule has 1 aromatic heterocycles. The number of nitrogens with one attached hydrogen (secondary N) is 2. The number of hydrogen-bond acceptors (Lipinski definition) is 6. The number of aromatic nitrogens is 1. The van der Waals surface area contributed by atoms with Gasteiger partial charge in [-0.1, -0.05) is 156 Å². The second kappa shape index (κ2) is 27.5. The minimum Gasteiger partial charge on any atom is -0.626 e. The molecule has 0 spiro atoms. The molecule has 3 heterocycles. The van der Waals surface area contributed by atoms with Crippen LogP contribution in [0, 0.1) is 0 Å². The number of halogens is 2. The van der Waals surface area contributed by atoms with Crippen molar-refractivity contribution < 1.29 is 41.9 Å². The van der Waals surface area contributed by atoms with Crippen molar-refractivity contribution >= 4 is 19.1 Å². The Morgan fingerprint density at radius 1 is 0.574 bits per heavy atom. The lowest BCUT2D eigenvalue weighted by atomic mass is 10.1. The summed E-state index contributed by atoms with van der Waals surface area (Å²) in [5.41, 5.74) is 0.587. The Kier molecular flexibility index (Phi) is 23.0. The number of unbranched alkanes of at least 4 members (excludes halogenated alkanes) is 20. The van der Waals surface area contributed by atoms with E-state index in [4.69, 9.17) is 28.3 Å². The number of hydrogen-bond donors (Lipinski definition) is 2. The Bertz CT molecular complexity index is 1290. The minimum absolute atomic E-state index is 0.0837. The fourth-order valence-electron chi connectivity index (χ4n) is 6.66. The zero-order valence-corrected chi connectivity index (χ0v) is 34.3. The third-order valence-corrected chi connectivity index (χ3v) is 9.88. The maximum absolute atomic E-state index is 15.4. The van der Waals surface area contributed by atoms with E-state index in [0.29, 0.717) is 60.8 Å². The molecule has 0 fully saturated rings. The van der Waals surface area contributed by atoms with Crippen molar-refractivity contribution in [1.82, 2.24) is 4.98 Å². The molecule has 3 rings (SSSR count). The molecule has 0 aromatic carbocycles. The lowest BCUT2D eigenvalue weighted by Crippen LogP contribution is -2.65. The van der Waals surface area contributed by atoms with E-state index in [1.165, 1.54) is 96.0 Å². The molecule has 308 valence electrons. The molecule has 2 aliphatic heterocycles. The molecule has 0 saturated carbocycles. The van der Waals surface area contributed by atoms with Gasteiger partial charge in [0.25, 0.3) is 5.70 Å². The van der Waals surface area contributed by atoms with Crippen LogP contribution < -0.4 is 14.5 Å². The highest BCUT2D eigenvalue weighted by molar-refractivity contribution is 6.53. The van der Waals surface area contributed by atoms with E-state index >= 15 is 8.63 Å². The van der Waals surface area contributed by atoms with Crippen molar-refractivity contribution in [2.24, 2.45) is 0 Å². The van der Waals surface area contributed by atoms with Gasteiger partial charge in [0.05, 0.1) is 26.4 Å². The average molecular weight is 763 g/mol. The fraction of sp³-hybridized carbons (Fsp3) is 0.744. The monoisotopic (exact) mass is 763 g/mol. The molecule has 0 saturated heterocycles. The molecule has 0 radical (unpaired) electrons. The van der Waals surface area contributed by atoms with Gasteiger partial charge >= 0.3 is 7.11 Å². The average Bonchev–Trinajstić information content (AvgIpc) is 3.76. The van der Waals surface area contributed by atoms with Crippen LogP contribution in [0.25, 0.3) is 5.76 Å². The fourth-order valence-corrected chi connectivity index (χ4v) is 6.66. The van der Waals surface area contributed by atoms with Gasteiger partial charge in [-0.25, -0.2) is 4.99 Å². The first-order chi connectivity index (χ1) is 26.4. The summed E-state index contributed by atoms with van der Waals surface area (Å²) < 4.78 is 66.1. The Morgan fingerprint density at radius 3 is 1.57 bits per heavy atom. The van der Waals surface area contributed by atoms with Gasteiger partial charge in [0.2, 0.25) is 17.7 Å². The van der Waals surface area contributed by atoms with E-state index in [1.807, 2.05) is 0 Å². The van der Waals surface area contributed by atoms with Gasteiger partial charge in [-0.05, 0) is 25.7 Å². The maximum Gasteiger partial charge on any atom is 0.726 e. The molecule has 0 aliphatic carbocycles. The standard InChI is InChI=1S/C43H72BF2N2O6/c1-5-9-13-17-21-25-29-49-38-34-47-40(42(38)51-31-27-23-19-15-11-7-3)36-33-37(54-44(45,46)53-36)41-43(52-32-28-24-20-16-12-8-4)39(35-48-41)50-30-26-22-18-14-10-6-2/h33-35,47H,5-32H2,1-4H3/q-1/p+1/b41-37+. The van der Waals surface area contributed by atoms with Gasteiger partial charge in [0, 0.05) is 12.3 Å². The molecule has 2 aliphatic rings. The number of aromatic amines is 1. The van der Waals surface area contributed by atoms with E-state index in [1.54, 1.807) is 12.4 Å². The molecular weight excluding hydrogens is 689 g/mol. The third-order valence-electron chi connectivity index (χ3n) is 9.88. The van der Waals surface area contributed by atoms with Crippen LogP contribution in [0.15, 0.2) is 35.2 Å². The molecule has 0 atom stereocenters. The Hall–Kier alpha value is -3.11. The quantitative estimate of drug-likeness (QED) is 0.0548. The van der Waals surface area contributed by atoms with Crippen LogP contribution in [-0.4, -0.2) is 44.7 Å². The zero-order valence-electron chi connectivity index (χ0n) is 34.3. The Morgan fingerprint density at radius 2 is 1.04 bits per heavy atom. The first-order valence-corrected chi connectivity index (χ1v) is 21.8. The highest BCUT2D eigenvalue weighted by atomic mass is 19.3. The third kappa shape index (κ3) is 17.1. The van der Waals surface area contributed by atoms with Crippen molar-refractivity contribution in [3.8, 4) is 11.5 Å². The predicted molar refractivity (Wildman–Crippen MR) is 216 cm³/mol. The first-order valence-electron chi connectivity index (χ1n) is 21.8. The lowest BCUT2D eigenvalue weighted by Gasteiger charge is -2.34. The summed E-state index contributed by atoms with van der Waals surface area (Å²) in [5.74, 6) is 1.57. The van der Waals surface area contributed by atoms with E-state index in [-0.39, 0.29) is 11.5 Å². The van der Waals surface area contributed by atoms with E-state index in [9.17, 15) is 0 Å². The normalized spacial score (nSPS) is 16.4. The predicted octanol–water partition coefficient (Wildman–Crippen LogP) is 11.6. The summed E-state index contributed by atoms with van der Waals surface area (Å²) in [6.45, 7) is 10.7. The van der Waals surface area contributed by atoms with Crippen LogP contribution in [0.1, 0.15) is 187 Å². The van der Waals surface area contributed by atoms with Crippen LogP contribution in [0.3, 0.4) is 0 Å². The highest BCUT2D eigenvalue weighted by Crippen LogP contribution is 2.41. The van der Waals surface area contributed by atoms with Gasteiger partial charge in [-0.3, -0.25) is 0 Å². The SMILES string of the molecule is CCCCCCCCOC1=C(OCCCCCCCC)/C(=C2/C=C(c3[nH]cc(OCCCCCCCC)c3OCCCCCCCC)O[B-](F)(F)O2)[NH+]=C1. The summed E-state index contributed by atoms with van der Waals surface area (Å²) in [6, 6.07) is 0. The maximum atomic E-state index is 15.4. The van der Waals surface area contributed by atoms with Crippen molar-refractivity contribution in [2.45, 2.75) is 182 Å². The topological polar surface area (TPSA) is 85.1 Å².